The molecule has 0 spiro atoms. The fraction of sp³-hybridized carbons (Fsp3) is 1.00. The summed E-state index contributed by atoms with van der Waals surface area (Å²) in [5.74, 6) is 0. The minimum Gasteiger partial charge on any atom is -0.317 e. The molecule has 0 aromatic heterocycles. The minimum absolute atomic E-state index is 1.11. The summed E-state index contributed by atoms with van der Waals surface area (Å²) >= 11 is 0. The number of hydrogen-bond acceptors (Lipinski definition) is 2. The topological polar surface area (TPSA) is 24.1 Å². The molecule has 0 aliphatic rings. The van der Waals surface area contributed by atoms with E-state index in [9.17, 15) is 0 Å². The molecule has 0 fully saturated rings. The molecule has 1 atom stereocenters. The molecule has 3 heteroatoms. The van der Waals surface area contributed by atoms with Crippen LogP contribution in [0.15, 0.2) is 0 Å². The summed E-state index contributed by atoms with van der Waals surface area (Å²) in [4.78, 5) is 0. The van der Waals surface area contributed by atoms with E-state index in [2.05, 4.69) is 26.7 Å². The highest BCUT2D eigenvalue weighted by atomic mass is 31.0. The monoisotopic (exact) mass is 204 g/mol. The van der Waals surface area contributed by atoms with E-state index in [-0.39, 0.29) is 0 Å². The van der Waals surface area contributed by atoms with Gasteiger partial charge in [-0.15, -0.1) is 0 Å². The predicted molar refractivity (Wildman–Crippen MR) is 64.0 cm³/mol. The smallest absolute Gasteiger partial charge is 0.00144 e. The van der Waals surface area contributed by atoms with Crippen LogP contribution in [0.3, 0.4) is 0 Å². The summed E-state index contributed by atoms with van der Waals surface area (Å²) in [6.07, 6.45) is 8.23. The molecule has 0 bridgehead atoms. The highest BCUT2D eigenvalue weighted by Crippen LogP contribution is 2.04. The summed E-state index contributed by atoms with van der Waals surface area (Å²) in [6.45, 7) is 5.61. The maximum absolute atomic E-state index is 3.35. The molecule has 13 heavy (non-hydrogen) atoms. The first-order valence-corrected chi connectivity index (χ1v) is 6.13. The van der Waals surface area contributed by atoms with Gasteiger partial charge in [0.05, 0.1) is 0 Å². The highest BCUT2D eigenvalue weighted by Gasteiger charge is 1.90. The van der Waals surface area contributed by atoms with Crippen molar-refractivity contribution < 1.29 is 0 Å². The van der Waals surface area contributed by atoms with E-state index in [1.54, 1.807) is 0 Å². The van der Waals surface area contributed by atoms with Gasteiger partial charge in [0.1, 0.15) is 0 Å². The molecule has 0 aliphatic heterocycles. The normalized spacial score (nSPS) is 10.6. The first-order valence-electron chi connectivity index (χ1n) is 5.56. The molecular weight excluding hydrogens is 179 g/mol. The van der Waals surface area contributed by atoms with Gasteiger partial charge in [-0.1, -0.05) is 42.0 Å². The molecule has 0 saturated carbocycles. The Morgan fingerprint density at radius 1 is 0.846 bits per heavy atom. The SMILES string of the molecule is CCNCCCCCCCCNP. The third kappa shape index (κ3) is 12.4. The summed E-state index contributed by atoms with van der Waals surface area (Å²) in [6, 6.07) is 0. The first kappa shape index (κ1) is 13.4. The lowest BCUT2D eigenvalue weighted by molar-refractivity contribution is 0.571. The van der Waals surface area contributed by atoms with Crippen LogP contribution >= 0.6 is 9.39 Å². The number of nitrogens with one attached hydrogen (secondary N) is 2. The molecule has 0 aromatic carbocycles. The number of rotatable bonds is 10. The van der Waals surface area contributed by atoms with Gasteiger partial charge in [-0.25, -0.2) is 0 Å². The van der Waals surface area contributed by atoms with Crippen LogP contribution in [0.2, 0.25) is 0 Å². The van der Waals surface area contributed by atoms with E-state index in [1.165, 1.54) is 45.1 Å². The Kier molecular flexibility index (Phi) is 12.7. The molecule has 2 N–H and O–H groups in total. The van der Waals surface area contributed by atoms with Gasteiger partial charge in [-0.2, -0.15) is 0 Å². The lowest BCUT2D eigenvalue weighted by atomic mass is 10.1. The molecule has 80 valence electrons. The second-order valence-corrected chi connectivity index (χ2v) is 3.84. The van der Waals surface area contributed by atoms with Crippen molar-refractivity contribution in [2.75, 3.05) is 19.6 Å². The van der Waals surface area contributed by atoms with Crippen molar-refractivity contribution in [1.82, 2.24) is 10.4 Å². The van der Waals surface area contributed by atoms with Crippen LogP contribution in [0.25, 0.3) is 0 Å². The second-order valence-electron chi connectivity index (χ2n) is 3.43. The molecule has 0 aliphatic carbocycles. The van der Waals surface area contributed by atoms with Crippen molar-refractivity contribution in [2.24, 2.45) is 0 Å². The van der Waals surface area contributed by atoms with Gasteiger partial charge < -0.3 is 10.4 Å². The maximum Gasteiger partial charge on any atom is -0.00144 e. The van der Waals surface area contributed by atoms with E-state index in [0.29, 0.717) is 0 Å². The molecule has 0 radical (unpaired) electrons. The fourth-order valence-corrected chi connectivity index (χ4v) is 1.57. The van der Waals surface area contributed by atoms with Gasteiger partial charge in [-0.3, -0.25) is 0 Å². The molecule has 0 saturated heterocycles. The van der Waals surface area contributed by atoms with Gasteiger partial charge in [0.2, 0.25) is 0 Å². The zero-order valence-electron chi connectivity index (χ0n) is 8.94. The third-order valence-corrected chi connectivity index (χ3v) is 2.46. The lowest BCUT2D eigenvalue weighted by Crippen LogP contribution is -2.13. The van der Waals surface area contributed by atoms with Crippen LogP contribution in [0.5, 0.6) is 0 Å². The van der Waals surface area contributed by atoms with Crippen molar-refractivity contribution >= 4 is 9.39 Å². The van der Waals surface area contributed by atoms with E-state index in [4.69, 9.17) is 0 Å². The Morgan fingerprint density at radius 2 is 1.38 bits per heavy atom. The third-order valence-electron chi connectivity index (χ3n) is 2.17. The van der Waals surface area contributed by atoms with Crippen LogP contribution in [-0.2, 0) is 0 Å². The lowest BCUT2D eigenvalue weighted by Gasteiger charge is -2.02. The Hall–Kier alpha value is 0.350. The Morgan fingerprint density at radius 3 is 1.92 bits per heavy atom. The Balaban J connectivity index is 2.76. The maximum atomic E-state index is 3.35. The van der Waals surface area contributed by atoms with Crippen LogP contribution in [0, 0.1) is 0 Å². The average Bonchev–Trinajstić information content (AvgIpc) is 2.16. The van der Waals surface area contributed by atoms with E-state index < -0.39 is 0 Å². The van der Waals surface area contributed by atoms with Crippen LogP contribution in [0.4, 0.5) is 0 Å². The van der Waals surface area contributed by atoms with Crippen LogP contribution in [-0.4, -0.2) is 19.6 Å². The van der Waals surface area contributed by atoms with Crippen molar-refractivity contribution in [2.45, 2.75) is 45.4 Å². The zero-order valence-corrected chi connectivity index (χ0v) is 10.1. The molecule has 2 nitrogen and oxygen atoms in total. The molecule has 1 unspecified atom stereocenters. The average molecular weight is 204 g/mol. The van der Waals surface area contributed by atoms with Gasteiger partial charge in [-0.05, 0) is 32.5 Å². The van der Waals surface area contributed by atoms with E-state index in [0.717, 1.165) is 13.1 Å². The molecule has 0 aromatic rings. The van der Waals surface area contributed by atoms with E-state index >= 15 is 0 Å². The van der Waals surface area contributed by atoms with E-state index in [1.807, 2.05) is 0 Å². The summed E-state index contributed by atoms with van der Waals surface area (Å²) in [5, 5.41) is 6.44. The predicted octanol–water partition coefficient (Wildman–Crippen LogP) is 2.32. The number of hydrogen-bond donors (Lipinski definition) is 2. The first-order chi connectivity index (χ1) is 6.41. The summed E-state index contributed by atoms with van der Waals surface area (Å²) in [7, 11) is 2.55. The quantitative estimate of drug-likeness (QED) is 0.421. The molecule has 0 heterocycles. The molecular formula is C10H25N2P. The van der Waals surface area contributed by atoms with Crippen molar-refractivity contribution in [3.63, 3.8) is 0 Å². The van der Waals surface area contributed by atoms with Crippen LogP contribution < -0.4 is 10.4 Å². The van der Waals surface area contributed by atoms with Crippen LogP contribution in [0.1, 0.15) is 45.4 Å². The second kappa shape index (κ2) is 12.3. The summed E-state index contributed by atoms with van der Waals surface area (Å²) in [5.41, 5.74) is 0. The minimum atomic E-state index is 1.11. The molecule has 0 rings (SSSR count). The zero-order chi connectivity index (χ0) is 9.78. The van der Waals surface area contributed by atoms with Crippen molar-refractivity contribution in [3.8, 4) is 0 Å². The van der Waals surface area contributed by atoms with Crippen molar-refractivity contribution in [1.29, 1.82) is 0 Å². The largest absolute Gasteiger partial charge is 0.317 e. The fourth-order valence-electron chi connectivity index (χ4n) is 1.36. The Bertz CT molecular complexity index is 79.0. The Labute approximate surface area is 85.5 Å². The van der Waals surface area contributed by atoms with Crippen molar-refractivity contribution in [3.05, 3.63) is 0 Å². The molecule has 0 amide bonds. The van der Waals surface area contributed by atoms with Gasteiger partial charge >= 0.3 is 0 Å². The van der Waals surface area contributed by atoms with Gasteiger partial charge in [0.15, 0.2) is 0 Å². The number of unbranched alkanes of at least 4 members (excludes halogenated alkanes) is 5. The van der Waals surface area contributed by atoms with Gasteiger partial charge in [0.25, 0.3) is 0 Å². The highest BCUT2D eigenvalue weighted by molar-refractivity contribution is 7.13. The summed E-state index contributed by atoms with van der Waals surface area (Å²) < 4.78 is 0. The standard InChI is InChI=1S/C10H25N2P/c1-2-11-9-7-5-3-4-6-8-10-12-13/h11-12H,2-10,13H2,1H3. The van der Waals surface area contributed by atoms with Gasteiger partial charge in [0, 0.05) is 0 Å².